The molecule has 1 rings (SSSR count). The third kappa shape index (κ3) is 2.51. The van der Waals surface area contributed by atoms with Gasteiger partial charge in [0.1, 0.15) is 0 Å². The van der Waals surface area contributed by atoms with Gasteiger partial charge < -0.3 is 5.32 Å². The molecule has 0 aromatic heterocycles. The van der Waals surface area contributed by atoms with Gasteiger partial charge in [0.2, 0.25) is 0 Å². The van der Waals surface area contributed by atoms with Crippen LogP contribution in [0.3, 0.4) is 0 Å². The highest BCUT2D eigenvalue weighted by atomic mass is 15.0. The van der Waals surface area contributed by atoms with Crippen LogP contribution in [0.2, 0.25) is 0 Å². The molecule has 0 aromatic rings. The van der Waals surface area contributed by atoms with Crippen molar-refractivity contribution < 1.29 is 0 Å². The number of rotatable bonds is 4. The molecule has 1 fully saturated rings. The molecule has 1 saturated carbocycles. The number of nitrogens with zero attached hydrogens (tertiary/aromatic N) is 1. The molecule has 1 aliphatic carbocycles. The highest BCUT2D eigenvalue weighted by Gasteiger charge is 2.34. The first-order valence-corrected chi connectivity index (χ1v) is 4.41. The normalized spacial score (nSPS) is 31.0. The standard InChI is InChI=1S/C9H16N2/c1-3-8-4-9(8)11-6-7(2)5-10/h7-9,11H,3-4,6H2,1-2H3. The van der Waals surface area contributed by atoms with Crippen LogP contribution in [0.5, 0.6) is 0 Å². The molecule has 1 aliphatic rings. The van der Waals surface area contributed by atoms with Crippen molar-refractivity contribution in [2.45, 2.75) is 32.7 Å². The molecule has 0 saturated heterocycles. The zero-order chi connectivity index (χ0) is 8.27. The lowest BCUT2D eigenvalue weighted by atomic mass is 10.2. The van der Waals surface area contributed by atoms with Crippen LogP contribution in [0.1, 0.15) is 26.7 Å². The predicted molar refractivity (Wildman–Crippen MR) is 45.0 cm³/mol. The zero-order valence-corrected chi connectivity index (χ0v) is 7.30. The van der Waals surface area contributed by atoms with Gasteiger partial charge in [-0.3, -0.25) is 0 Å². The van der Waals surface area contributed by atoms with E-state index in [4.69, 9.17) is 5.26 Å². The second-order valence-corrected chi connectivity index (χ2v) is 3.45. The summed E-state index contributed by atoms with van der Waals surface area (Å²) >= 11 is 0. The van der Waals surface area contributed by atoms with E-state index in [1.54, 1.807) is 0 Å². The van der Waals surface area contributed by atoms with E-state index in [9.17, 15) is 0 Å². The van der Waals surface area contributed by atoms with Gasteiger partial charge in [-0.25, -0.2) is 0 Å². The number of hydrogen-bond donors (Lipinski definition) is 1. The van der Waals surface area contributed by atoms with Crippen LogP contribution in [-0.2, 0) is 0 Å². The van der Waals surface area contributed by atoms with Crippen molar-refractivity contribution in [3.05, 3.63) is 0 Å². The molecule has 0 aliphatic heterocycles. The van der Waals surface area contributed by atoms with Gasteiger partial charge in [-0.2, -0.15) is 5.26 Å². The maximum atomic E-state index is 8.50. The quantitative estimate of drug-likeness (QED) is 0.663. The fraction of sp³-hybridized carbons (Fsp3) is 0.889. The average Bonchev–Trinajstić information content (AvgIpc) is 2.78. The molecule has 2 nitrogen and oxygen atoms in total. The summed E-state index contributed by atoms with van der Waals surface area (Å²) in [6.07, 6.45) is 2.59. The van der Waals surface area contributed by atoms with E-state index >= 15 is 0 Å². The first-order chi connectivity index (χ1) is 5.27. The van der Waals surface area contributed by atoms with Gasteiger partial charge in [0.15, 0.2) is 0 Å². The Morgan fingerprint density at radius 2 is 2.45 bits per heavy atom. The second-order valence-electron chi connectivity index (χ2n) is 3.45. The smallest absolute Gasteiger partial charge is 0.0666 e. The summed E-state index contributed by atoms with van der Waals surface area (Å²) in [5.74, 6) is 1.05. The Balaban J connectivity index is 2.02. The summed E-state index contributed by atoms with van der Waals surface area (Å²) in [6, 6.07) is 2.94. The summed E-state index contributed by atoms with van der Waals surface area (Å²) in [5.41, 5.74) is 0. The van der Waals surface area contributed by atoms with Crippen molar-refractivity contribution in [3.8, 4) is 6.07 Å². The molecule has 0 spiro atoms. The fourth-order valence-corrected chi connectivity index (χ4v) is 1.32. The van der Waals surface area contributed by atoms with Crippen LogP contribution in [0, 0.1) is 23.2 Å². The van der Waals surface area contributed by atoms with Crippen LogP contribution in [-0.4, -0.2) is 12.6 Å². The van der Waals surface area contributed by atoms with Gasteiger partial charge in [-0.05, 0) is 19.3 Å². The first-order valence-electron chi connectivity index (χ1n) is 4.41. The van der Waals surface area contributed by atoms with Crippen molar-refractivity contribution in [1.29, 1.82) is 5.26 Å². The third-order valence-corrected chi connectivity index (χ3v) is 2.35. The van der Waals surface area contributed by atoms with Crippen molar-refractivity contribution in [3.63, 3.8) is 0 Å². The summed E-state index contributed by atoms with van der Waals surface area (Å²) < 4.78 is 0. The van der Waals surface area contributed by atoms with Crippen LogP contribution >= 0.6 is 0 Å². The Morgan fingerprint density at radius 1 is 1.73 bits per heavy atom. The van der Waals surface area contributed by atoms with Gasteiger partial charge in [0.25, 0.3) is 0 Å². The summed E-state index contributed by atoms with van der Waals surface area (Å²) in [5, 5.41) is 11.9. The Kier molecular flexibility index (Phi) is 2.90. The number of nitrogens with one attached hydrogen (secondary N) is 1. The Morgan fingerprint density at radius 3 is 2.91 bits per heavy atom. The lowest BCUT2D eigenvalue weighted by Gasteiger charge is -2.03. The van der Waals surface area contributed by atoms with Crippen molar-refractivity contribution in [2.24, 2.45) is 11.8 Å². The lowest BCUT2D eigenvalue weighted by Crippen LogP contribution is -2.23. The molecular weight excluding hydrogens is 136 g/mol. The average molecular weight is 152 g/mol. The van der Waals surface area contributed by atoms with Crippen molar-refractivity contribution in [2.75, 3.05) is 6.54 Å². The van der Waals surface area contributed by atoms with Gasteiger partial charge in [0.05, 0.1) is 12.0 Å². The van der Waals surface area contributed by atoms with E-state index in [2.05, 4.69) is 18.3 Å². The number of hydrogen-bond acceptors (Lipinski definition) is 2. The lowest BCUT2D eigenvalue weighted by molar-refractivity contribution is 0.567. The van der Waals surface area contributed by atoms with Crippen LogP contribution < -0.4 is 5.32 Å². The minimum Gasteiger partial charge on any atom is -0.312 e. The van der Waals surface area contributed by atoms with E-state index in [0.717, 1.165) is 18.5 Å². The zero-order valence-electron chi connectivity index (χ0n) is 7.30. The topological polar surface area (TPSA) is 35.8 Å². The molecule has 0 radical (unpaired) electrons. The van der Waals surface area contributed by atoms with Crippen molar-refractivity contribution in [1.82, 2.24) is 5.32 Å². The van der Waals surface area contributed by atoms with E-state index in [0.29, 0.717) is 0 Å². The summed E-state index contributed by atoms with van der Waals surface area (Å²) in [4.78, 5) is 0. The third-order valence-electron chi connectivity index (χ3n) is 2.35. The molecule has 0 aromatic carbocycles. The molecule has 3 unspecified atom stereocenters. The molecule has 0 heterocycles. The SMILES string of the molecule is CCC1CC1NCC(C)C#N. The van der Waals surface area contributed by atoms with Gasteiger partial charge in [-0.15, -0.1) is 0 Å². The van der Waals surface area contributed by atoms with Gasteiger partial charge in [0, 0.05) is 12.6 Å². The molecule has 1 N–H and O–H groups in total. The van der Waals surface area contributed by atoms with Crippen LogP contribution in [0.25, 0.3) is 0 Å². The molecule has 2 heteroatoms. The minimum atomic E-state index is 0.160. The highest BCUT2D eigenvalue weighted by Crippen LogP contribution is 2.32. The van der Waals surface area contributed by atoms with E-state index in [1.807, 2.05) is 6.92 Å². The van der Waals surface area contributed by atoms with Crippen LogP contribution in [0.4, 0.5) is 0 Å². The highest BCUT2D eigenvalue weighted by molar-refractivity contribution is 4.93. The minimum absolute atomic E-state index is 0.160. The molecule has 0 bridgehead atoms. The van der Waals surface area contributed by atoms with E-state index in [1.165, 1.54) is 12.8 Å². The fourth-order valence-electron chi connectivity index (χ4n) is 1.32. The monoisotopic (exact) mass is 152 g/mol. The Bertz CT molecular complexity index is 159. The molecule has 3 atom stereocenters. The summed E-state index contributed by atoms with van der Waals surface area (Å²) in [6.45, 7) is 5.04. The van der Waals surface area contributed by atoms with E-state index < -0.39 is 0 Å². The summed E-state index contributed by atoms with van der Waals surface area (Å²) in [7, 11) is 0. The largest absolute Gasteiger partial charge is 0.312 e. The Hall–Kier alpha value is -0.550. The molecule has 0 amide bonds. The van der Waals surface area contributed by atoms with Gasteiger partial charge in [-0.1, -0.05) is 13.3 Å². The van der Waals surface area contributed by atoms with Crippen molar-refractivity contribution >= 4 is 0 Å². The maximum absolute atomic E-state index is 8.50. The predicted octanol–water partition coefficient (Wildman–Crippen LogP) is 1.53. The van der Waals surface area contributed by atoms with Crippen LogP contribution in [0.15, 0.2) is 0 Å². The Labute approximate surface area is 68.6 Å². The van der Waals surface area contributed by atoms with E-state index in [-0.39, 0.29) is 5.92 Å². The first kappa shape index (κ1) is 8.55. The molecular formula is C9H16N2. The maximum Gasteiger partial charge on any atom is 0.0666 e. The van der Waals surface area contributed by atoms with Gasteiger partial charge >= 0.3 is 0 Å². The molecule has 11 heavy (non-hydrogen) atoms. The second kappa shape index (κ2) is 3.73. The molecule has 62 valence electrons. The number of nitriles is 1.